The van der Waals surface area contributed by atoms with Crippen molar-refractivity contribution in [1.82, 2.24) is 9.88 Å². The zero-order chi connectivity index (χ0) is 23.5. The minimum Gasteiger partial charge on any atom is -0.489 e. The molecule has 0 radical (unpaired) electrons. The van der Waals surface area contributed by atoms with Gasteiger partial charge in [0.2, 0.25) is 0 Å². The third-order valence-corrected chi connectivity index (χ3v) is 6.35. The van der Waals surface area contributed by atoms with Gasteiger partial charge >= 0.3 is 0 Å². The maximum absolute atomic E-state index is 13.2. The topological polar surface area (TPSA) is 71.6 Å². The minimum absolute atomic E-state index is 0.126. The lowest BCUT2D eigenvalue weighted by atomic mass is 10.1. The number of rotatable bonds is 8. The van der Waals surface area contributed by atoms with Crippen LogP contribution in [0.25, 0.3) is 16.5 Å². The third-order valence-electron chi connectivity index (χ3n) is 5.61. The van der Waals surface area contributed by atoms with Crippen LogP contribution in [0.15, 0.2) is 89.5 Å². The van der Waals surface area contributed by atoms with Crippen LogP contribution in [0.5, 0.6) is 5.75 Å². The number of ether oxygens (including phenoxy) is 2. The van der Waals surface area contributed by atoms with Crippen molar-refractivity contribution in [3.8, 4) is 5.75 Å². The number of carbonyl (C=O) groups is 2. The first-order valence-corrected chi connectivity index (χ1v) is 11.6. The Morgan fingerprint density at radius 1 is 0.824 bits per heavy atom. The molecule has 4 aromatic rings. The summed E-state index contributed by atoms with van der Waals surface area (Å²) < 4.78 is 11.8. The number of aromatic nitrogens is 1. The lowest BCUT2D eigenvalue weighted by Crippen LogP contribution is -2.33. The van der Waals surface area contributed by atoms with Gasteiger partial charge in [0, 0.05) is 22.7 Å². The van der Waals surface area contributed by atoms with E-state index >= 15 is 0 Å². The van der Waals surface area contributed by atoms with Gasteiger partial charge in [0.05, 0.1) is 16.7 Å². The molecule has 6 nitrogen and oxygen atoms in total. The van der Waals surface area contributed by atoms with Crippen LogP contribution in [0.1, 0.15) is 16.7 Å². The molecule has 0 saturated carbocycles. The highest BCUT2D eigenvalue weighted by Gasteiger charge is 2.38. The van der Waals surface area contributed by atoms with E-state index in [4.69, 9.17) is 9.47 Å². The fourth-order valence-corrected chi connectivity index (χ4v) is 4.46. The lowest BCUT2D eigenvalue weighted by molar-refractivity contribution is -0.143. The van der Waals surface area contributed by atoms with Crippen molar-refractivity contribution in [2.45, 2.75) is 13.2 Å². The van der Waals surface area contributed by atoms with Crippen LogP contribution in [0.2, 0.25) is 0 Å². The molecular formula is C27H21BrN2O4. The number of hydrogen-bond donors (Lipinski definition) is 1. The average Bonchev–Trinajstić information content (AvgIpc) is 3.37. The van der Waals surface area contributed by atoms with Crippen LogP contribution in [-0.4, -0.2) is 28.4 Å². The fraction of sp³-hybridized carbons (Fsp3) is 0.111. The summed E-state index contributed by atoms with van der Waals surface area (Å²) in [6.45, 7) is 0.613. The smallest absolute Gasteiger partial charge is 0.270 e. The molecule has 7 heteroatoms. The van der Waals surface area contributed by atoms with Crippen LogP contribution < -0.4 is 4.74 Å². The Balaban J connectivity index is 1.34. The monoisotopic (exact) mass is 516 g/mol. The molecule has 1 aromatic heterocycles. The van der Waals surface area contributed by atoms with Crippen molar-refractivity contribution in [1.29, 1.82) is 0 Å². The van der Waals surface area contributed by atoms with Crippen LogP contribution in [0, 0.1) is 0 Å². The van der Waals surface area contributed by atoms with Gasteiger partial charge in [-0.1, -0.05) is 60.7 Å². The van der Waals surface area contributed by atoms with Gasteiger partial charge in [-0.15, -0.1) is 0 Å². The highest BCUT2D eigenvalue weighted by Crippen LogP contribution is 2.37. The number of benzene rings is 3. The van der Waals surface area contributed by atoms with Gasteiger partial charge in [-0.3, -0.25) is 9.59 Å². The third kappa shape index (κ3) is 4.40. The zero-order valence-electron chi connectivity index (χ0n) is 18.2. The Labute approximate surface area is 204 Å². The number of amides is 2. The Kier molecular flexibility index (Phi) is 6.29. The average molecular weight is 517 g/mol. The molecule has 0 atom stereocenters. The summed E-state index contributed by atoms with van der Waals surface area (Å²) >= 11 is 3.34. The van der Waals surface area contributed by atoms with E-state index in [0.717, 1.165) is 26.9 Å². The van der Waals surface area contributed by atoms with E-state index in [1.165, 1.54) is 0 Å². The van der Waals surface area contributed by atoms with E-state index in [1.54, 1.807) is 6.20 Å². The highest BCUT2D eigenvalue weighted by molar-refractivity contribution is 9.12. The second-order valence-corrected chi connectivity index (χ2v) is 8.67. The number of halogens is 1. The number of nitrogens with zero attached hydrogens (tertiary/aromatic N) is 1. The van der Waals surface area contributed by atoms with Gasteiger partial charge in [-0.25, -0.2) is 4.90 Å². The number of carbonyl (C=O) groups excluding carboxylic acids is 2. The van der Waals surface area contributed by atoms with Crippen molar-refractivity contribution in [3.05, 3.63) is 106 Å². The Morgan fingerprint density at radius 2 is 1.50 bits per heavy atom. The van der Waals surface area contributed by atoms with Gasteiger partial charge in [-0.05, 0) is 45.3 Å². The van der Waals surface area contributed by atoms with E-state index in [2.05, 4.69) is 20.9 Å². The molecule has 3 aromatic carbocycles. The van der Waals surface area contributed by atoms with Gasteiger partial charge in [0.15, 0.2) is 0 Å². The molecule has 34 heavy (non-hydrogen) atoms. The number of H-pyrrole nitrogens is 1. The number of hydrogen-bond acceptors (Lipinski definition) is 4. The minimum atomic E-state index is -0.418. The molecule has 0 saturated heterocycles. The van der Waals surface area contributed by atoms with E-state index in [0.29, 0.717) is 30.1 Å². The maximum atomic E-state index is 13.2. The van der Waals surface area contributed by atoms with E-state index in [9.17, 15) is 9.59 Å². The molecule has 0 unspecified atom stereocenters. The Hall–Kier alpha value is -3.68. The Morgan fingerprint density at radius 3 is 2.21 bits per heavy atom. The normalized spacial score (nSPS) is 13.9. The summed E-state index contributed by atoms with van der Waals surface area (Å²) in [7, 11) is 0. The molecule has 1 aliphatic heterocycles. The second kappa shape index (κ2) is 9.67. The molecule has 0 aliphatic carbocycles. The zero-order valence-corrected chi connectivity index (χ0v) is 19.7. The second-order valence-electron chi connectivity index (χ2n) is 7.87. The molecule has 0 fully saturated rings. The van der Waals surface area contributed by atoms with Gasteiger partial charge < -0.3 is 14.5 Å². The van der Waals surface area contributed by atoms with Crippen LogP contribution >= 0.6 is 15.9 Å². The molecular weight excluding hydrogens is 496 g/mol. The highest BCUT2D eigenvalue weighted by atomic mass is 79.9. The quantitative estimate of drug-likeness (QED) is 0.318. The van der Waals surface area contributed by atoms with Crippen molar-refractivity contribution in [2.24, 2.45) is 0 Å². The molecule has 5 rings (SSSR count). The molecule has 1 aliphatic rings. The molecule has 1 N–H and O–H groups in total. The standard InChI is InChI=1S/C27H21BrN2O4/c28-25-24(26(31)30(27(25)32)17-33-15-18-7-3-1-4-8-18)22-14-29-23-12-11-20(13-21(22)23)34-16-19-9-5-2-6-10-19/h1-14,29H,15-17H2. The summed E-state index contributed by atoms with van der Waals surface area (Å²) in [6, 6.07) is 25.1. The van der Waals surface area contributed by atoms with Gasteiger partial charge in [0.1, 0.15) is 19.1 Å². The Bertz CT molecular complexity index is 1380. The summed E-state index contributed by atoms with van der Waals surface area (Å²) in [4.78, 5) is 30.3. The van der Waals surface area contributed by atoms with Crippen LogP contribution in [0.4, 0.5) is 0 Å². The lowest BCUT2D eigenvalue weighted by Gasteiger charge is -2.15. The first-order chi connectivity index (χ1) is 16.6. The van der Waals surface area contributed by atoms with Crippen molar-refractivity contribution < 1.29 is 19.1 Å². The summed E-state index contributed by atoms with van der Waals surface area (Å²) in [6.07, 6.45) is 1.74. The number of imide groups is 1. The summed E-state index contributed by atoms with van der Waals surface area (Å²) in [5.74, 6) is -0.144. The summed E-state index contributed by atoms with van der Waals surface area (Å²) in [5, 5.41) is 0.797. The largest absolute Gasteiger partial charge is 0.489 e. The number of aromatic amines is 1. The van der Waals surface area contributed by atoms with E-state index < -0.39 is 11.8 Å². The predicted octanol–water partition coefficient (Wildman–Crippen LogP) is 5.40. The SMILES string of the molecule is O=C1C(Br)=C(c2c[nH]c3ccc(OCc4ccccc4)cc23)C(=O)N1COCc1ccccc1. The first-order valence-electron chi connectivity index (χ1n) is 10.8. The number of nitrogens with one attached hydrogen (secondary N) is 1. The van der Waals surface area contributed by atoms with E-state index in [1.807, 2.05) is 78.9 Å². The predicted molar refractivity (Wildman–Crippen MR) is 133 cm³/mol. The van der Waals surface area contributed by atoms with Crippen molar-refractivity contribution in [2.75, 3.05) is 6.73 Å². The molecule has 2 amide bonds. The van der Waals surface area contributed by atoms with Gasteiger partial charge in [0.25, 0.3) is 11.8 Å². The molecule has 2 heterocycles. The van der Waals surface area contributed by atoms with Gasteiger partial charge in [-0.2, -0.15) is 0 Å². The summed E-state index contributed by atoms with van der Waals surface area (Å²) in [5.41, 5.74) is 3.81. The van der Waals surface area contributed by atoms with Crippen LogP contribution in [0.3, 0.4) is 0 Å². The molecule has 0 bridgehead atoms. The van der Waals surface area contributed by atoms with Crippen molar-refractivity contribution in [3.63, 3.8) is 0 Å². The van der Waals surface area contributed by atoms with E-state index in [-0.39, 0.29) is 11.2 Å². The molecule has 0 spiro atoms. The fourth-order valence-electron chi connectivity index (χ4n) is 3.86. The first kappa shape index (κ1) is 22.1. The number of fused-ring (bicyclic) bond motifs is 1. The maximum Gasteiger partial charge on any atom is 0.270 e. The molecule has 170 valence electrons. The van der Waals surface area contributed by atoms with Crippen LogP contribution in [-0.2, 0) is 27.5 Å². The van der Waals surface area contributed by atoms with Crippen molar-refractivity contribution >= 4 is 44.2 Å².